The Morgan fingerprint density at radius 1 is 1.30 bits per heavy atom. The zero-order valence-corrected chi connectivity index (χ0v) is 16.6. The molecular formula is C21H34N4O2. The highest BCUT2D eigenvalue weighted by Crippen LogP contribution is 2.28. The first-order valence-electron chi connectivity index (χ1n) is 10.3. The lowest BCUT2D eigenvalue weighted by atomic mass is 10.1. The largest absolute Gasteiger partial charge is 0.490 e. The quantitative estimate of drug-likeness (QED) is 0.415. The lowest BCUT2D eigenvalue weighted by Gasteiger charge is -2.26. The molecule has 1 aromatic carbocycles. The molecule has 2 aliphatic rings. The van der Waals surface area contributed by atoms with Gasteiger partial charge in [-0.2, -0.15) is 0 Å². The Morgan fingerprint density at radius 3 is 2.85 bits per heavy atom. The van der Waals surface area contributed by atoms with Crippen LogP contribution in [0.1, 0.15) is 43.2 Å². The maximum absolute atomic E-state index is 6.24. The minimum Gasteiger partial charge on any atom is -0.490 e. The first-order valence-corrected chi connectivity index (χ1v) is 10.3. The number of aryl methyl sites for hydroxylation is 1. The number of nitrogens with zero attached hydrogens (tertiary/aromatic N) is 2. The number of aliphatic imine (C=N–C) groups is 1. The summed E-state index contributed by atoms with van der Waals surface area (Å²) in [7, 11) is 0. The Labute approximate surface area is 163 Å². The van der Waals surface area contributed by atoms with Crippen molar-refractivity contribution < 1.29 is 9.47 Å². The predicted molar refractivity (Wildman–Crippen MR) is 109 cm³/mol. The third kappa shape index (κ3) is 6.70. The molecule has 27 heavy (non-hydrogen) atoms. The minimum absolute atomic E-state index is 0.352. The molecule has 0 aromatic heterocycles. The van der Waals surface area contributed by atoms with E-state index in [1.807, 2.05) is 0 Å². The maximum Gasteiger partial charge on any atom is 0.188 e. The van der Waals surface area contributed by atoms with Gasteiger partial charge in [-0.25, -0.2) is 4.99 Å². The van der Waals surface area contributed by atoms with Gasteiger partial charge in [0, 0.05) is 25.2 Å². The van der Waals surface area contributed by atoms with Gasteiger partial charge in [0.2, 0.25) is 0 Å². The van der Waals surface area contributed by atoms with Gasteiger partial charge in [0.1, 0.15) is 5.75 Å². The molecule has 0 amide bonds. The smallest absolute Gasteiger partial charge is 0.188 e. The van der Waals surface area contributed by atoms with Gasteiger partial charge in [-0.15, -0.1) is 0 Å². The molecular weight excluding hydrogens is 340 g/mol. The minimum atomic E-state index is 0.352. The van der Waals surface area contributed by atoms with Crippen LogP contribution in [0, 0.1) is 6.92 Å². The molecule has 0 atom stereocenters. The molecule has 0 unspecified atom stereocenters. The fourth-order valence-electron chi connectivity index (χ4n) is 3.66. The van der Waals surface area contributed by atoms with Crippen molar-refractivity contribution in [2.75, 3.05) is 39.4 Å². The van der Waals surface area contributed by atoms with E-state index < -0.39 is 0 Å². The second-order valence-electron chi connectivity index (χ2n) is 7.57. The van der Waals surface area contributed by atoms with Crippen LogP contribution < -0.4 is 15.8 Å². The summed E-state index contributed by atoms with van der Waals surface area (Å²) in [5.74, 6) is 1.47. The number of benzene rings is 1. The lowest BCUT2D eigenvalue weighted by molar-refractivity contribution is 0.0376. The van der Waals surface area contributed by atoms with Crippen LogP contribution in [0.25, 0.3) is 0 Å². The van der Waals surface area contributed by atoms with Crippen LogP contribution in [0.3, 0.4) is 0 Å². The molecule has 0 bridgehead atoms. The van der Waals surface area contributed by atoms with Gasteiger partial charge in [0.05, 0.1) is 25.9 Å². The summed E-state index contributed by atoms with van der Waals surface area (Å²) in [4.78, 5) is 6.94. The number of guanidine groups is 1. The van der Waals surface area contributed by atoms with Gasteiger partial charge in [0.15, 0.2) is 5.96 Å². The summed E-state index contributed by atoms with van der Waals surface area (Å²) in [5, 5.41) is 3.23. The van der Waals surface area contributed by atoms with E-state index in [-0.39, 0.29) is 0 Å². The fraction of sp³-hybridized carbons (Fsp3) is 0.667. The van der Waals surface area contributed by atoms with E-state index in [1.165, 1.54) is 18.4 Å². The summed E-state index contributed by atoms with van der Waals surface area (Å²) >= 11 is 0. The van der Waals surface area contributed by atoms with Gasteiger partial charge in [-0.3, -0.25) is 4.90 Å². The molecule has 1 aliphatic carbocycles. The molecule has 0 spiro atoms. The van der Waals surface area contributed by atoms with Crippen molar-refractivity contribution in [2.45, 2.75) is 51.7 Å². The molecule has 1 saturated carbocycles. The van der Waals surface area contributed by atoms with Crippen LogP contribution in [0.5, 0.6) is 5.75 Å². The average Bonchev–Trinajstić information content (AvgIpc) is 3.18. The van der Waals surface area contributed by atoms with Gasteiger partial charge in [0.25, 0.3) is 0 Å². The van der Waals surface area contributed by atoms with Gasteiger partial charge in [-0.1, -0.05) is 12.1 Å². The van der Waals surface area contributed by atoms with Crippen LogP contribution in [0.2, 0.25) is 0 Å². The van der Waals surface area contributed by atoms with E-state index in [0.29, 0.717) is 18.6 Å². The molecule has 1 aliphatic heterocycles. The molecule has 6 nitrogen and oxygen atoms in total. The number of rotatable bonds is 8. The van der Waals surface area contributed by atoms with E-state index in [9.17, 15) is 0 Å². The van der Waals surface area contributed by atoms with E-state index in [4.69, 9.17) is 15.2 Å². The standard InChI is InChI=1S/C21H34N4O2/c1-17-7-8-18(20(15-17)27-19-5-2-3-6-19)16-24-21(22)23-9-4-10-25-11-13-26-14-12-25/h7-8,15,19H,2-6,9-14,16H2,1H3,(H3,22,23,24). The van der Waals surface area contributed by atoms with Crippen LogP contribution in [0.4, 0.5) is 0 Å². The Balaban J connectivity index is 1.44. The van der Waals surface area contributed by atoms with Crippen molar-refractivity contribution >= 4 is 5.96 Å². The van der Waals surface area contributed by atoms with E-state index >= 15 is 0 Å². The highest BCUT2D eigenvalue weighted by atomic mass is 16.5. The Kier molecular flexibility index (Phi) is 7.78. The molecule has 1 aromatic rings. The number of hydrogen-bond acceptors (Lipinski definition) is 4. The second-order valence-corrected chi connectivity index (χ2v) is 7.57. The van der Waals surface area contributed by atoms with Crippen LogP contribution in [0.15, 0.2) is 23.2 Å². The van der Waals surface area contributed by atoms with Crippen molar-refractivity contribution in [1.29, 1.82) is 0 Å². The van der Waals surface area contributed by atoms with Crippen molar-refractivity contribution in [3.05, 3.63) is 29.3 Å². The molecule has 3 N–H and O–H groups in total. The predicted octanol–water partition coefficient (Wildman–Crippen LogP) is 2.44. The lowest BCUT2D eigenvalue weighted by Crippen LogP contribution is -2.39. The van der Waals surface area contributed by atoms with Gasteiger partial charge < -0.3 is 20.5 Å². The topological polar surface area (TPSA) is 72.1 Å². The first kappa shape index (κ1) is 20.0. The first-order chi connectivity index (χ1) is 13.2. The normalized spacial score (nSPS) is 19.4. The highest BCUT2D eigenvalue weighted by Gasteiger charge is 2.18. The molecule has 2 fully saturated rings. The number of hydrogen-bond donors (Lipinski definition) is 2. The summed E-state index contributed by atoms with van der Waals surface area (Å²) in [5.41, 5.74) is 8.36. The van der Waals surface area contributed by atoms with E-state index in [1.54, 1.807) is 0 Å². The molecule has 1 heterocycles. The second kappa shape index (κ2) is 10.5. The number of nitrogens with one attached hydrogen (secondary N) is 1. The van der Waals surface area contributed by atoms with Crippen molar-refractivity contribution in [3.63, 3.8) is 0 Å². The van der Waals surface area contributed by atoms with Crippen molar-refractivity contribution in [2.24, 2.45) is 10.7 Å². The number of ether oxygens (including phenoxy) is 2. The molecule has 3 rings (SSSR count). The SMILES string of the molecule is Cc1ccc(CN=C(N)NCCCN2CCOCC2)c(OC2CCCC2)c1. The Hall–Kier alpha value is -1.79. The third-order valence-electron chi connectivity index (χ3n) is 5.30. The summed E-state index contributed by atoms with van der Waals surface area (Å²) in [6.45, 7) is 8.30. The average molecular weight is 375 g/mol. The zero-order chi connectivity index (χ0) is 18.9. The zero-order valence-electron chi connectivity index (χ0n) is 16.6. The number of morpholine rings is 1. The third-order valence-corrected chi connectivity index (χ3v) is 5.30. The van der Waals surface area contributed by atoms with Gasteiger partial charge in [-0.05, 0) is 57.2 Å². The van der Waals surface area contributed by atoms with Gasteiger partial charge >= 0.3 is 0 Å². The molecule has 1 saturated heterocycles. The monoisotopic (exact) mass is 374 g/mol. The highest BCUT2D eigenvalue weighted by molar-refractivity contribution is 5.77. The van der Waals surface area contributed by atoms with Crippen molar-refractivity contribution in [1.82, 2.24) is 10.2 Å². The Bertz CT molecular complexity index is 608. The van der Waals surface area contributed by atoms with E-state index in [2.05, 4.69) is 40.3 Å². The van der Waals surface area contributed by atoms with Crippen LogP contribution in [-0.2, 0) is 11.3 Å². The summed E-state index contributed by atoms with van der Waals surface area (Å²) in [6.07, 6.45) is 6.26. The fourth-order valence-corrected chi connectivity index (χ4v) is 3.66. The maximum atomic E-state index is 6.24. The van der Waals surface area contributed by atoms with Crippen molar-refractivity contribution in [3.8, 4) is 5.75 Å². The van der Waals surface area contributed by atoms with Crippen LogP contribution in [-0.4, -0.2) is 56.4 Å². The summed E-state index contributed by atoms with van der Waals surface area (Å²) in [6, 6.07) is 6.34. The van der Waals surface area contributed by atoms with Crippen LogP contribution >= 0.6 is 0 Å². The molecule has 6 heteroatoms. The number of nitrogens with two attached hydrogens (primary N) is 1. The Morgan fingerprint density at radius 2 is 2.07 bits per heavy atom. The van der Waals surface area contributed by atoms with E-state index in [0.717, 1.165) is 70.0 Å². The molecule has 150 valence electrons. The summed E-state index contributed by atoms with van der Waals surface area (Å²) < 4.78 is 11.6. The molecule has 0 radical (unpaired) electrons.